The largest absolute Gasteiger partial charge is 0.496 e. The molecule has 30 heavy (non-hydrogen) atoms. The average Bonchev–Trinajstić information content (AvgIpc) is 2.93. The van der Waals surface area contributed by atoms with Gasteiger partial charge in [-0.25, -0.2) is 9.97 Å². The van der Waals surface area contributed by atoms with E-state index in [0.29, 0.717) is 11.4 Å². The van der Waals surface area contributed by atoms with Crippen molar-refractivity contribution in [3.05, 3.63) is 45.0 Å². The lowest BCUT2D eigenvalue weighted by Crippen LogP contribution is -2.25. The van der Waals surface area contributed by atoms with Gasteiger partial charge in [0, 0.05) is 29.7 Å². The molecule has 0 radical (unpaired) electrons. The molecule has 1 fully saturated rings. The molecule has 3 heterocycles. The van der Waals surface area contributed by atoms with Gasteiger partial charge < -0.3 is 15.0 Å². The molecule has 4 rings (SSSR count). The van der Waals surface area contributed by atoms with Crippen molar-refractivity contribution in [3.8, 4) is 5.75 Å². The Morgan fingerprint density at radius 3 is 2.73 bits per heavy atom. The molecule has 0 bridgehead atoms. The van der Waals surface area contributed by atoms with Gasteiger partial charge in [-0.05, 0) is 43.5 Å². The lowest BCUT2D eigenvalue weighted by atomic mass is 10.1. The molecule has 158 valence electrons. The van der Waals surface area contributed by atoms with Gasteiger partial charge >= 0.3 is 0 Å². The number of thiophene rings is 1. The Hall–Kier alpha value is -2.19. The maximum Gasteiger partial charge on any atom is 0.261 e. The Morgan fingerprint density at radius 1 is 1.23 bits per heavy atom. The van der Waals surface area contributed by atoms with Gasteiger partial charge in [0.1, 0.15) is 22.7 Å². The smallest absolute Gasteiger partial charge is 0.261 e. The van der Waals surface area contributed by atoms with Crippen LogP contribution in [0, 0.1) is 6.92 Å². The number of halogens is 1. The van der Waals surface area contributed by atoms with Crippen LogP contribution in [-0.2, 0) is 6.54 Å². The van der Waals surface area contributed by atoms with Crippen LogP contribution in [0.5, 0.6) is 5.75 Å². The summed E-state index contributed by atoms with van der Waals surface area (Å²) in [6.07, 6.45) is 6.50. The number of ether oxygens (including phenoxy) is 1. The molecule has 6 nitrogen and oxygen atoms in total. The number of benzene rings is 1. The van der Waals surface area contributed by atoms with E-state index < -0.39 is 0 Å². The van der Waals surface area contributed by atoms with Crippen molar-refractivity contribution in [3.63, 3.8) is 0 Å². The number of carbonyl (C=O) groups excluding carboxylic acids is 1. The minimum atomic E-state index is -0.0978. The number of anilines is 1. The summed E-state index contributed by atoms with van der Waals surface area (Å²) in [7, 11) is 1.63. The molecule has 2 aromatic heterocycles. The van der Waals surface area contributed by atoms with Gasteiger partial charge in [-0.15, -0.1) is 11.3 Å². The molecule has 0 aliphatic carbocycles. The van der Waals surface area contributed by atoms with Crippen LogP contribution in [0.15, 0.2) is 29.0 Å². The third-order valence-electron chi connectivity index (χ3n) is 5.50. The third-order valence-corrected chi connectivity index (χ3v) is 7.19. The minimum absolute atomic E-state index is 0.0978. The van der Waals surface area contributed by atoms with Gasteiger partial charge in [-0.1, -0.05) is 28.8 Å². The standard InChI is InChI=1S/C22H25BrN4O2S/c1-14-18-20(27-9-5-3-4-6-10-27)25-13-26-22(18)30-19(14)21(28)24-12-15-11-16(23)7-8-17(15)29-2/h7-8,11,13H,3-6,9-10,12H2,1-2H3,(H,24,28). The number of carbonyl (C=O) groups is 1. The summed E-state index contributed by atoms with van der Waals surface area (Å²) in [6.45, 7) is 4.40. The second-order valence-electron chi connectivity index (χ2n) is 7.47. The summed E-state index contributed by atoms with van der Waals surface area (Å²) in [5.41, 5.74) is 1.87. The van der Waals surface area contributed by atoms with Crippen molar-refractivity contribution in [2.75, 3.05) is 25.1 Å². The van der Waals surface area contributed by atoms with Crippen molar-refractivity contribution < 1.29 is 9.53 Å². The van der Waals surface area contributed by atoms with Gasteiger partial charge in [-0.3, -0.25) is 4.79 Å². The summed E-state index contributed by atoms with van der Waals surface area (Å²) in [4.78, 5) is 26.0. The molecular weight excluding hydrogens is 464 g/mol. The number of amides is 1. The molecule has 3 aromatic rings. The topological polar surface area (TPSA) is 67.3 Å². The molecule has 1 aliphatic rings. The normalized spacial score (nSPS) is 14.6. The molecule has 1 aliphatic heterocycles. The third kappa shape index (κ3) is 4.30. The first kappa shape index (κ1) is 21.1. The van der Waals surface area contributed by atoms with E-state index in [9.17, 15) is 4.79 Å². The fourth-order valence-electron chi connectivity index (χ4n) is 3.93. The van der Waals surface area contributed by atoms with Crippen LogP contribution >= 0.6 is 27.3 Å². The summed E-state index contributed by atoms with van der Waals surface area (Å²) in [5, 5.41) is 4.05. The molecule has 0 saturated carbocycles. The van der Waals surface area contributed by atoms with Gasteiger partial charge in [-0.2, -0.15) is 0 Å². The first-order valence-electron chi connectivity index (χ1n) is 10.2. The number of rotatable bonds is 5. The van der Waals surface area contributed by atoms with Crippen molar-refractivity contribution in [2.45, 2.75) is 39.2 Å². The fourth-order valence-corrected chi connectivity index (χ4v) is 5.40. The number of nitrogens with zero attached hydrogens (tertiary/aromatic N) is 3. The number of fused-ring (bicyclic) bond motifs is 1. The number of hydrogen-bond acceptors (Lipinski definition) is 6. The number of nitrogens with one attached hydrogen (secondary N) is 1. The molecule has 0 unspecified atom stereocenters. The van der Waals surface area contributed by atoms with E-state index in [1.807, 2.05) is 25.1 Å². The van der Waals surface area contributed by atoms with Crippen LogP contribution in [0.4, 0.5) is 5.82 Å². The van der Waals surface area contributed by atoms with Gasteiger partial charge in [0.25, 0.3) is 5.91 Å². The zero-order valence-corrected chi connectivity index (χ0v) is 19.6. The van der Waals surface area contributed by atoms with Crippen LogP contribution in [0.25, 0.3) is 10.2 Å². The maximum absolute atomic E-state index is 13.0. The zero-order valence-electron chi connectivity index (χ0n) is 17.2. The van der Waals surface area contributed by atoms with Crippen LogP contribution in [0.3, 0.4) is 0 Å². The van der Waals surface area contributed by atoms with E-state index in [1.165, 1.54) is 37.0 Å². The highest BCUT2D eigenvalue weighted by molar-refractivity contribution is 9.10. The van der Waals surface area contributed by atoms with E-state index in [4.69, 9.17) is 4.74 Å². The van der Waals surface area contributed by atoms with E-state index >= 15 is 0 Å². The maximum atomic E-state index is 13.0. The van der Waals surface area contributed by atoms with Crippen LogP contribution in [0.1, 0.15) is 46.5 Å². The lowest BCUT2D eigenvalue weighted by Gasteiger charge is -2.22. The number of aromatic nitrogens is 2. The summed E-state index contributed by atoms with van der Waals surface area (Å²) in [5.74, 6) is 1.61. The Bertz CT molecular complexity index is 1060. The van der Waals surface area contributed by atoms with E-state index in [0.717, 1.165) is 50.5 Å². The SMILES string of the molecule is COc1ccc(Br)cc1CNC(=O)c1sc2ncnc(N3CCCCCC3)c2c1C. The molecule has 8 heteroatoms. The highest BCUT2D eigenvalue weighted by Gasteiger charge is 2.22. The van der Waals surface area contributed by atoms with Crippen molar-refractivity contribution in [2.24, 2.45) is 0 Å². The molecule has 0 spiro atoms. The Kier molecular flexibility index (Phi) is 6.53. The quantitative estimate of drug-likeness (QED) is 0.542. The van der Waals surface area contributed by atoms with Crippen molar-refractivity contribution in [1.82, 2.24) is 15.3 Å². The van der Waals surface area contributed by atoms with Crippen LogP contribution in [0.2, 0.25) is 0 Å². The number of methoxy groups -OCH3 is 1. The highest BCUT2D eigenvalue weighted by atomic mass is 79.9. The first-order chi connectivity index (χ1) is 14.6. The van der Waals surface area contributed by atoms with Gasteiger partial charge in [0.15, 0.2) is 0 Å². The second kappa shape index (κ2) is 9.31. The Morgan fingerprint density at radius 2 is 2.00 bits per heavy atom. The second-order valence-corrected chi connectivity index (χ2v) is 9.39. The van der Waals surface area contributed by atoms with E-state index in [-0.39, 0.29) is 5.91 Å². The number of aryl methyl sites for hydroxylation is 1. The molecule has 1 amide bonds. The molecule has 1 aromatic carbocycles. The number of hydrogen-bond donors (Lipinski definition) is 1. The van der Waals surface area contributed by atoms with Crippen molar-refractivity contribution in [1.29, 1.82) is 0 Å². The average molecular weight is 489 g/mol. The zero-order chi connectivity index (χ0) is 21.1. The van der Waals surface area contributed by atoms with E-state index in [2.05, 4.69) is 36.1 Å². The minimum Gasteiger partial charge on any atom is -0.496 e. The summed E-state index contributed by atoms with van der Waals surface area (Å²) < 4.78 is 6.36. The lowest BCUT2D eigenvalue weighted by molar-refractivity contribution is 0.0954. The molecule has 1 N–H and O–H groups in total. The van der Waals surface area contributed by atoms with Crippen molar-refractivity contribution >= 4 is 49.2 Å². The first-order valence-corrected chi connectivity index (χ1v) is 11.8. The molecule has 1 saturated heterocycles. The highest BCUT2D eigenvalue weighted by Crippen LogP contribution is 2.35. The predicted octanol–water partition coefficient (Wildman–Crippen LogP) is 5.08. The molecule has 0 atom stereocenters. The fraction of sp³-hybridized carbons (Fsp3) is 0.409. The summed E-state index contributed by atoms with van der Waals surface area (Å²) in [6, 6.07) is 5.77. The molecular formula is C22H25BrN4O2S. The van der Waals surface area contributed by atoms with Crippen LogP contribution < -0.4 is 15.0 Å². The van der Waals surface area contributed by atoms with Crippen LogP contribution in [-0.4, -0.2) is 36.1 Å². The van der Waals surface area contributed by atoms with Gasteiger partial charge in [0.05, 0.1) is 17.4 Å². The van der Waals surface area contributed by atoms with E-state index in [1.54, 1.807) is 13.4 Å². The summed E-state index contributed by atoms with van der Waals surface area (Å²) >= 11 is 4.91. The Balaban J connectivity index is 1.60. The predicted molar refractivity (Wildman–Crippen MR) is 125 cm³/mol. The van der Waals surface area contributed by atoms with Gasteiger partial charge in [0.2, 0.25) is 0 Å². The monoisotopic (exact) mass is 488 g/mol. The Labute approximate surface area is 188 Å².